The third-order valence-electron chi connectivity index (χ3n) is 13.0. The number of carboxylic acids is 1. The second kappa shape index (κ2) is 22.2. The van der Waals surface area contributed by atoms with Gasteiger partial charge in [0.1, 0.15) is 5.70 Å². The van der Waals surface area contributed by atoms with Gasteiger partial charge in [0.15, 0.2) is 5.76 Å². The van der Waals surface area contributed by atoms with Gasteiger partial charge in [-0.15, -0.1) is 16.8 Å². The summed E-state index contributed by atoms with van der Waals surface area (Å²) in [6.45, 7) is 12.3. The predicted octanol–water partition coefficient (Wildman–Crippen LogP) is 9.77. The van der Waals surface area contributed by atoms with E-state index in [1.165, 1.54) is 83.5 Å². The third kappa shape index (κ3) is 11.1. The van der Waals surface area contributed by atoms with E-state index in [9.17, 15) is 19.8 Å². The number of hydrogen-bond acceptors (Lipinski definition) is 7. The van der Waals surface area contributed by atoms with Gasteiger partial charge in [-0.25, -0.2) is 9.98 Å². The fourth-order valence-electron chi connectivity index (χ4n) is 9.35. The van der Waals surface area contributed by atoms with E-state index in [1.54, 1.807) is 0 Å². The summed E-state index contributed by atoms with van der Waals surface area (Å²) >= 11 is 0. The molecule has 1 aromatic rings. The molecular formula is C50H66N4NiO5. The molecule has 0 amide bonds. The molecule has 1 aromatic heterocycles. The molecular weight excluding hydrogens is 795 g/mol. The zero-order valence-corrected chi connectivity index (χ0v) is 37.9. The van der Waals surface area contributed by atoms with Crippen LogP contribution in [0.25, 0.3) is 17.4 Å². The van der Waals surface area contributed by atoms with Gasteiger partial charge in [-0.2, -0.15) is 0 Å². The molecule has 0 spiro atoms. The number of allylic oxidation sites excluding steroid dienone is 6. The van der Waals surface area contributed by atoms with Crippen molar-refractivity contribution in [3.63, 3.8) is 0 Å². The summed E-state index contributed by atoms with van der Waals surface area (Å²) in [5, 5.41) is 24.5. The van der Waals surface area contributed by atoms with Crippen molar-refractivity contribution >= 4 is 46.5 Å². The van der Waals surface area contributed by atoms with Crippen molar-refractivity contribution in [2.45, 2.75) is 176 Å². The summed E-state index contributed by atoms with van der Waals surface area (Å²) in [5.74, 6) is -1.04. The zero-order valence-electron chi connectivity index (χ0n) is 36.9. The molecule has 10 heteroatoms. The molecule has 4 aliphatic heterocycles. The van der Waals surface area contributed by atoms with Gasteiger partial charge in [-0.3, -0.25) is 14.6 Å². The number of carboxylic acid groups (broad SMARTS) is 1. The Balaban J connectivity index is 0.00000683. The standard InChI is InChI=1S/C50H68N4O5.Ni/c1-7-9-10-11-12-13-14-15-16-17-18-19-20-21-22-23-24-46(58)59-50-34(6)41-28-39-32(4)36(25-26-45(56)57)48(53-39)37-27-44(55)47-33(5)40(54-49(37)47)29-42-35(8-2)31(3)38(51-42)30-43(50)52-41;/h28-30,32,36H,7-27H2,1-6H3,(H3,51,52,53,54,55,56,57);/q;+2/p-2/t32-,36-;/m0./s1. The van der Waals surface area contributed by atoms with Crippen LogP contribution in [0.15, 0.2) is 66.7 Å². The minimum atomic E-state index is -0.872. The number of carbonyl (C=O) groups excluding carboxylic acids is 1. The summed E-state index contributed by atoms with van der Waals surface area (Å²) in [5.41, 5.74) is 9.33. The van der Waals surface area contributed by atoms with E-state index in [0.29, 0.717) is 46.3 Å². The smallest absolute Gasteiger partial charge is 0.875 e. The van der Waals surface area contributed by atoms with Gasteiger partial charge in [0, 0.05) is 41.7 Å². The minimum Gasteiger partial charge on any atom is -0.875 e. The molecule has 1 N–H and O–H groups in total. The number of hydrogen-bond donors (Lipinski definition) is 1. The molecule has 1 aliphatic carbocycles. The summed E-state index contributed by atoms with van der Waals surface area (Å²) < 4.78 is 6.17. The molecule has 6 rings (SSSR count). The molecule has 0 saturated carbocycles. The zero-order chi connectivity index (χ0) is 42.1. The predicted molar refractivity (Wildman–Crippen MR) is 237 cm³/mol. The average Bonchev–Trinajstić information content (AvgIpc) is 3.96. The second-order valence-corrected chi connectivity index (χ2v) is 17.3. The van der Waals surface area contributed by atoms with Crippen LogP contribution in [0.1, 0.15) is 181 Å². The van der Waals surface area contributed by atoms with Crippen LogP contribution in [0, 0.1) is 18.8 Å². The van der Waals surface area contributed by atoms with Crippen LogP contribution in [-0.4, -0.2) is 34.2 Å². The van der Waals surface area contributed by atoms with Crippen molar-refractivity contribution in [1.82, 2.24) is 4.98 Å². The number of fused-ring (bicyclic) bond motifs is 5. The first kappa shape index (κ1) is 47.0. The topological polar surface area (TPSA) is 138 Å². The summed E-state index contributed by atoms with van der Waals surface area (Å²) in [6.07, 6.45) is 27.9. The Hall–Kier alpha value is -4.04. The summed E-state index contributed by atoms with van der Waals surface area (Å²) in [6, 6.07) is 0. The van der Waals surface area contributed by atoms with Gasteiger partial charge in [0.05, 0.1) is 17.1 Å². The largest absolute Gasteiger partial charge is 2.00 e. The molecule has 5 aliphatic rings. The van der Waals surface area contributed by atoms with Gasteiger partial charge >= 0.3 is 28.4 Å². The second-order valence-electron chi connectivity index (χ2n) is 17.3. The van der Waals surface area contributed by atoms with Gasteiger partial charge in [0.2, 0.25) is 0 Å². The van der Waals surface area contributed by atoms with Gasteiger partial charge in [-0.1, -0.05) is 129 Å². The summed E-state index contributed by atoms with van der Waals surface area (Å²) in [4.78, 5) is 45.5. The number of aliphatic carboxylic acids is 1. The average molecular weight is 862 g/mol. The first-order valence-electron chi connectivity index (χ1n) is 22.8. The normalized spacial score (nSPS) is 19.3. The fraction of sp³-hybridized carbons (Fsp3) is 0.580. The van der Waals surface area contributed by atoms with Gasteiger partial charge in [0.25, 0.3) is 0 Å². The van der Waals surface area contributed by atoms with Crippen LogP contribution in [-0.2, 0) is 30.8 Å². The number of rotatable bonds is 22. The maximum Gasteiger partial charge on any atom is 2.00 e. The molecule has 9 nitrogen and oxygen atoms in total. The monoisotopic (exact) mass is 860 g/mol. The van der Waals surface area contributed by atoms with E-state index in [0.717, 1.165) is 76.4 Å². The van der Waals surface area contributed by atoms with Crippen molar-refractivity contribution in [2.75, 3.05) is 0 Å². The number of carbonyl (C=O) groups is 2. The molecule has 5 heterocycles. The Morgan fingerprint density at radius 2 is 1.37 bits per heavy atom. The SMILES string of the molecule is CCCCCCCCCCCCCCCCCCC(=O)OC1=C(C)C2=NC1=CC1=NC(=Cc3[n-]c4c(c3C)=C([O-])CC=4C3=NC(=C2)[C@@H](C)[C@@H]3CCC(=O)O)C(CC)=C1C.[Ni+2]. The van der Waals surface area contributed by atoms with E-state index < -0.39 is 5.97 Å². The molecule has 2 atom stereocenters. The van der Waals surface area contributed by atoms with E-state index >= 15 is 0 Å². The van der Waals surface area contributed by atoms with Crippen molar-refractivity contribution < 1.29 is 41.0 Å². The van der Waals surface area contributed by atoms with E-state index in [2.05, 4.69) is 27.7 Å². The van der Waals surface area contributed by atoms with Gasteiger partial charge in [-0.05, 0) is 80.5 Å². The van der Waals surface area contributed by atoms with Crippen LogP contribution >= 0.6 is 0 Å². The maximum absolute atomic E-state index is 13.6. The molecule has 326 valence electrons. The number of aliphatic imine (C=N–C) groups is 3. The van der Waals surface area contributed by atoms with Crippen LogP contribution in [0.4, 0.5) is 0 Å². The molecule has 8 bridgehead atoms. The van der Waals surface area contributed by atoms with Crippen molar-refractivity contribution in [3.05, 3.63) is 73.5 Å². The van der Waals surface area contributed by atoms with E-state index in [1.807, 2.05) is 32.1 Å². The molecule has 0 radical (unpaired) electrons. The third-order valence-corrected chi connectivity index (χ3v) is 13.0. The minimum absolute atomic E-state index is 0. The Kier molecular flexibility index (Phi) is 17.4. The Bertz CT molecular complexity index is 2170. The van der Waals surface area contributed by atoms with E-state index in [4.69, 9.17) is 24.7 Å². The van der Waals surface area contributed by atoms with Crippen molar-refractivity contribution in [2.24, 2.45) is 26.8 Å². The van der Waals surface area contributed by atoms with Crippen molar-refractivity contribution in [1.29, 1.82) is 0 Å². The van der Waals surface area contributed by atoms with Crippen molar-refractivity contribution in [3.8, 4) is 0 Å². The molecule has 60 heavy (non-hydrogen) atoms. The molecule has 0 saturated heterocycles. The van der Waals surface area contributed by atoms with Crippen LogP contribution in [0.2, 0.25) is 0 Å². The van der Waals surface area contributed by atoms with Crippen LogP contribution in [0.3, 0.4) is 0 Å². The Labute approximate surface area is 367 Å². The maximum atomic E-state index is 13.6. The number of nitrogens with zero attached hydrogens (tertiary/aromatic N) is 4. The molecule has 0 unspecified atom stereocenters. The van der Waals surface area contributed by atoms with Gasteiger partial charge < -0.3 is 19.9 Å². The first-order valence-corrected chi connectivity index (χ1v) is 22.8. The molecule has 0 fully saturated rings. The number of ether oxygens (including phenoxy) is 1. The number of esters is 1. The van der Waals surface area contributed by atoms with Crippen LogP contribution < -0.4 is 20.7 Å². The number of unbranched alkanes of at least 4 members (excludes halogenated alkanes) is 15. The Morgan fingerprint density at radius 1 is 0.783 bits per heavy atom. The van der Waals surface area contributed by atoms with E-state index in [-0.39, 0.29) is 52.9 Å². The Morgan fingerprint density at radius 3 is 1.97 bits per heavy atom. The summed E-state index contributed by atoms with van der Waals surface area (Å²) in [7, 11) is 0. The number of aromatic nitrogens is 1. The fourth-order valence-corrected chi connectivity index (χ4v) is 9.35. The quantitative estimate of drug-likeness (QED) is 0.0700. The molecule has 0 aromatic carbocycles. The first-order chi connectivity index (χ1) is 28.5. The van der Waals surface area contributed by atoms with Crippen LogP contribution in [0.5, 0.6) is 0 Å².